The lowest BCUT2D eigenvalue weighted by Crippen LogP contribution is -2.12. The van der Waals surface area contributed by atoms with E-state index in [1.54, 1.807) is 11.8 Å². The molecule has 0 saturated carbocycles. The third-order valence-corrected chi connectivity index (χ3v) is 4.48. The van der Waals surface area contributed by atoms with Crippen LogP contribution in [0.1, 0.15) is 33.5 Å². The summed E-state index contributed by atoms with van der Waals surface area (Å²) in [6.45, 7) is 0. The standard InChI is InChI=1S/C18H19NOS/c1-21-12-13-4-2-7-16(10-13)18(20)19-17-9-8-14-5-3-6-15(14)11-17/h2,4,7-11H,3,5-6,12H2,1H3,(H,19,20). The molecule has 3 heteroatoms. The van der Waals surface area contributed by atoms with Crippen LogP contribution in [0.4, 0.5) is 5.69 Å². The van der Waals surface area contributed by atoms with Gasteiger partial charge in [-0.05, 0) is 66.5 Å². The van der Waals surface area contributed by atoms with Gasteiger partial charge in [-0.15, -0.1) is 0 Å². The lowest BCUT2D eigenvalue weighted by Gasteiger charge is -2.08. The highest BCUT2D eigenvalue weighted by Crippen LogP contribution is 2.25. The van der Waals surface area contributed by atoms with Gasteiger partial charge in [-0.25, -0.2) is 0 Å². The highest BCUT2D eigenvalue weighted by atomic mass is 32.2. The van der Waals surface area contributed by atoms with Gasteiger partial charge in [0.05, 0.1) is 0 Å². The van der Waals surface area contributed by atoms with Crippen LogP contribution >= 0.6 is 11.8 Å². The van der Waals surface area contributed by atoms with Gasteiger partial charge < -0.3 is 5.32 Å². The van der Waals surface area contributed by atoms with Gasteiger partial charge in [0.15, 0.2) is 0 Å². The first-order valence-electron chi connectivity index (χ1n) is 7.27. The van der Waals surface area contributed by atoms with Crippen molar-refractivity contribution in [1.82, 2.24) is 0 Å². The molecule has 0 fully saturated rings. The van der Waals surface area contributed by atoms with Crippen LogP contribution in [0.5, 0.6) is 0 Å². The molecule has 0 radical (unpaired) electrons. The van der Waals surface area contributed by atoms with Gasteiger partial charge in [-0.1, -0.05) is 18.2 Å². The number of benzene rings is 2. The number of amides is 1. The maximum atomic E-state index is 12.4. The number of thioether (sulfide) groups is 1. The first-order valence-corrected chi connectivity index (χ1v) is 8.66. The van der Waals surface area contributed by atoms with Gasteiger partial charge in [0.1, 0.15) is 0 Å². The second-order valence-corrected chi connectivity index (χ2v) is 6.29. The highest BCUT2D eigenvalue weighted by molar-refractivity contribution is 7.97. The molecular formula is C18H19NOS. The molecule has 1 N–H and O–H groups in total. The van der Waals surface area contributed by atoms with Gasteiger partial charge in [0, 0.05) is 17.0 Å². The average molecular weight is 297 g/mol. The van der Waals surface area contributed by atoms with E-state index in [2.05, 4.69) is 29.8 Å². The molecule has 2 nitrogen and oxygen atoms in total. The van der Waals surface area contributed by atoms with Crippen molar-refractivity contribution in [2.24, 2.45) is 0 Å². The Kier molecular flexibility index (Phi) is 4.30. The van der Waals surface area contributed by atoms with Crippen LogP contribution in [0.15, 0.2) is 42.5 Å². The minimum Gasteiger partial charge on any atom is -0.322 e. The van der Waals surface area contributed by atoms with Crippen LogP contribution in [0.3, 0.4) is 0 Å². The summed E-state index contributed by atoms with van der Waals surface area (Å²) in [7, 11) is 0. The molecule has 2 aromatic carbocycles. The van der Waals surface area contributed by atoms with Crippen molar-refractivity contribution < 1.29 is 4.79 Å². The Balaban J connectivity index is 1.75. The van der Waals surface area contributed by atoms with Gasteiger partial charge in [0.25, 0.3) is 5.91 Å². The number of hydrogen-bond acceptors (Lipinski definition) is 2. The molecule has 1 amide bonds. The Morgan fingerprint density at radius 3 is 2.86 bits per heavy atom. The summed E-state index contributed by atoms with van der Waals surface area (Å²) >= 11 is 1.76. The molecule has 0 atom stereocenters. The fourth-order valence-electron chi connectivity index (χ4n) is 2.82. The van der Waals surface area contributed by atoms with E-state index in [0.717, 1.165) is 23.4 Å². The molecule has 2 aromatic rings. The van der Waals surface area contributed by atoms with Crippen molar-refractivity contribution in [1.29, 1.82) is 0 Å². The molecular weight excluding hydrogens is 278 g/mol. The molecule has 1 aliphatic carbocycles. The average Bonchev–Trinajstić information content (AvgIpc) is 2.95. The normalized spacial score (nSPS) is 13.0. The number of fused-ring (bicyclic) bond motifs is 1. The number of rotatable bonds is 4. The molecule has 0 aliphatic heterocycles. The Hall–Kier alpha value is -1.74. The maximum Gasteiger partial charge on any atom is 0.255 e. The van der Waals surface area contributed by atoms with Crippen molar-refractivity contribution in [2.45, 2.75) is 25.0 Å². The van der Waals surface area contributed by atoms with Crippen LogP contribution in [-0.2, 0) is 18.6 Å². The Labute approximate surface area is 130 Å². The van der Waals surface area contributed by atoms with Gasteiger partial charge in [-0.2, -0.15) is 11.8 Å². The molecule has 0 saturated heterocycles. The minimum absolute atomic E-state index is 0.0316. The maximum absolute atomic E-state index is 12.4. The number of aryl methyl sites for hydroxylation is 2. The van der Waals surface area contributed by atoms with E-state index >= 15 is 0 Å². The van der Waals surface area contributed by atoms with Gasteiger partial charge >= 0.3 is 0 Å². The third-order valence-electron chi connectivity index (χ3n) is 3.86. The molecule has 3 rings (SSSR count). The summed E-state index contributed by atoms with van der Waals surface area (Å²) in [5, 5.41) is 3.01. The fourth-order valence-corrected chi connectivity index (χ4v) is 3.33. The van der Waals surface area contributed by atoms with Crippen molar-refractivity contribution in [3.8, 4) is 0 Å². The lowest BCUT2D eigenvalue weighted by molar-refractivity contribution is 0.102. The SMILES string of the molecule is CSCc1cccc(C(=O)Nc2ccc3c(c2)CCC3)c1. The zero-order chi connectivity index (χ0) is 14.7. The van der Waals surface area contributed by atoms with E-state index < -0.39 is 0 Å². The van der Waals surface area contributed by atoms with E-state index in [1.165, 1.54) is 29.5 Å². The quantitative estimate of drug-likeness (QED) is 0.912. The van der Waals surface area contributed by atoms with E-state index in [-0.39, 0.29) is 5.91 Å². The topological polar surface area (TPSA) is 29.1 Å². The van der Waals surface area contributed by atoms with Crippen LogP contribution in [-0.4, -0.2) is 12.2 Å². The number of carbonyl (C=O) groups excluding carboxylic acids is 1. The third kappa shape index (κ3) is 3.30. The number of anilines is 1. The summed E-state index contributed by atoms with van der Waals surface area (Å²) in [5.74, 6) is 0.899. The summed E-state index contributed by atoms with van der Waals surface area (Å²) in [4.78, 5) is 12.4. The summed E-state index contributed by atoms with van der Waals surface area (Å²) < 4.78 is 0. The monoisotopic (exact) mass is 297 g/mol. The first-order chi connectivity index (χ1) is 10.3. The number of carbonyl (C=O) groups is 1. The van der Waals surface area contributed by atoms with Gasteiger partial charge in [0.2, 0.25) is 0 Å². The first kappa shape index (κ1) is 14.2. The second-order valence-electron chi connectivity index (χ2n) is 5.42. The lowest BCUT2D eigenvalue weighted by atomic mass is 10.1. The minimum atomic E-state index is -0.0316. The number of nitrogens with one attached hydrogen (secondary N) is 1. The molecule has 0 bridgehead atoms. The van der Waals surface area contributed by atoms with Crippen LogP contribution < -0.4 is 5.32 Å². The summed E-state index contributed by atoms with van der Waals surface area (Å²) in [6, 6.07) is 14.1. The Morgan fingerprint density at radius 2 is 2.00 bits per heavy atom. The molecule has 21 heavy (non-hydrogen) atoms. The molecule has 0 aromatic heterocycles. The zero-order valence-electron chi connectivity index (χ0n) is 12.2. The molecule has 108 valence electrons. The molecule has 0 spiro atoms. The zero-order valence-corrected chi connectivity index (χ0v) is 13.0. The Bertz CT molecular complexity index is 666. The van der Waals surface area contributed by atoms with E-state index in [1.807, 2.05) is 24.3 Å². The van der Waals surface area contributed by atoms with Crippen molar-refractivity contribution in [2.75, 3.05) is 11.6 Å². The largest absolute Gasteiger partial charge is 0.322 e. The fraction of sp³-hybridized carbons (Fsp3) is 0.278. The van der Waals surface area contributed by atoms with Crippen LogP contribution in [0.2, 0.25) is 0 Å². The van der Waals surface area contributed by atoms with Crippen molar-refractivity contribution in [3.63, 3.8) is 0 Å². The van der Waals surface area contributed by atoms with Crippen molar-refractivity contribution >= 4 is 23.4 Å². The van der Waals surface area contributed by atoms with Gasteiger partial charge in [-0.3, -0.25) is 4.79 Å². The predicted molar refractivity (Wildman–Crippen MR) is 90.1 cm³/mol. The Morgan fingerprint density at radius 1 is 1.14 bits per heavy atom. The predicted octanol–water partition coefficient (Wildman–Crippen LogP) is 4.29. The summed E-state index contributed by atoms with van der Waals surface area (Å²) in [5.41, 5.74) is 5.61. The molecule has 0 unspecified atom stereocenters. The number of hydrogen-bond donors (Lipinski definition) is 1. The van der Waals surface area contributed by atoms with Crippen LogP contribution in [0.25, 0.3) is 0 Å². The van der Waals surface area contributed by atoms with Crippen molar-refractivity contribution in [3.05, 3.63) is 64.7 Å². The van der Waals surface area contributed by atoms with E-state index in [4.69, 9.17) is 0 Å². The second kappa shape index (κ2) is 6.35. The smallest absolute Gasteiger partial charge is 0.255 e. The summed E-state index contributed by atoms with van der Waals surface area (Å²) in [6.07, 6.45) is 5.59. The highest BCUT2D eigenvalue weighted by Gasteiger charge is 2.12. The van der Waals surface area contributed by atoms with E-state index in [0.29, 0.717) is 0 Å². The van der Waals surface area contributed by atoms with Crippen LogP contribution in [0, 0.1) is 0 Å². The van der Waals surface area contributed by atoms with E-state index in [9.17, 15) is 4.79 Å². The molecule has 1 aliphatic rings. The molecule has 0 heterocycles.